The van der Waals surface area contributed by atoms with Crippen LogP contribution in [0.15, 0.2) is 40.2 Å². The minimum Gasteiger partial charge on any atom is -0.367 e. The minimum absolute atomic E-state index is 0.0214. The highest BCUT2D eigenvalue weighted by molar-refractivity contribution is 5.83. The molecule has 1 N–H and O–H groups in total. The summed E-state index contributed by atoms with van der Waals surface area (Å²) in [5, 5.41) is 3.24. The van der Waals surface area contributed by atoms with E-state index in [0.717, 1.165) is 36.9 Å². The van der Waals surface area contributed by atoms with Gasteiger partial charge in [0.05, 0.1) is 0 Å². The van der Waals surface area contributed by atoms with Crippen LogP contribution in [0.2, 0.25) is 0 Å². The van der Waals surface area contributed by atoms with Gasteiger partial charge in [-0.15, -0.1) is 0 Å². The van der Waals surface area contributed by atoms with E-state index < -0.39 is 12.0 Å². The van der Waals surface area contributed by atoms with E-state index in [4.69, 9.17) is 4.74 Å². The first-order chi connectivity index (χ1) is 14.5. The second-order valence-electron chi connectivity index (χ2n) is 7.75. The molecule has 3 aliphatic rings. The Bertz CT molecular complexity index is 729. The fraction of sp³-hybridized carbons (Fsp3) is 0.636. The van der Waals surface area contributed by atoms with E-state index >= 15 is 0 Å². The van der Waals surface area contributed by atoms with Gasteiger partial charge in [0.2, 0.25) is 0 Å². The molecule has 1 atom stereocenters. The Morgan fingerprint density at radius 3 is 2.83 bits per heavy atom. The third-order valence-corrected chi connectivity index (χ3v) is 5.71. The molecule has 8 heteroatoms. The lowest BCUT2D eigenvalue weighted by molar-refractivity contribution is -0.144. The Hall–Kier alpha value is -2.06. The highest BCUT2D eigenvalue weighted by Gasteiger charge is 2.32. The Morgan fingerprint density at radius 1 is 1.37 bits per heavy atom. The number of nitrogens with zero attached hydrogens (tertiary/aromatic N) is 3. The number of ether oxygens (including phenoxy) is 1. The van der Waals surface area contributed by atoms with E-state index in [1.165, 1.54) is 12.3 Å². The highest BCUT2D eigenvalue weighted by atomic mass is 19.3. The standard InChI is InChI=1S/C22H32F2N4O2/c1-3-8-22(23,24)18-7-6-17(4-2)20(26-15-18)27-10-12-28(13-11-27)21(29)19-16-25-9-5-14-30-19/h3,7-8,15,19,25H,4-6,9-14,16H2,1-2H3/b8-3+. The van der Waals surface area contributed by atoms with Crippen LogP contribution in [0.1, 0.15) is 33.1 Å². The first-order valence-electron chi connectivity index (χ1n) is 10.8. The normalized spacial score (nSPS) is 24.1. The molecule has 0 saturated carbocycles. The van der Waals surface area contributed by atoms with Crippen LogP contribution in [-0.4, -0.2) is 79.8 Å². The van der Waals surface area contributed by atoms with Crippen LogP contribution in [0, 0.1) is 0 Å². The third-order valence-electron chi connectivity index (χ3n) is 5.71. The highest BCUT2D eigenvalue weighted by Crippen LogP contribution is 2.30. The zero-order chi connectivity index (χ0) is 21.6. The predicted molar refractivity (Wildman–Crippen MR) is 114 cm³/mol. The van der Waals surface area contributed by atoms with E-state index in [1.54, 1.807) is 13.0 Å². The number of carbonyl (C=O) groups excluding carboxylic acids is 1. The molecule has 0 aromatic rings. The molecule has 30 heavy (non-hydrogen) atoms. The van der Waals surface area contributed by atoms with Crippen molar-refractivity contribution in [3.8, 4) is 0 Å². The number of hydrogen-bond donors (Lipinski definition) is 1. The van der Waals surface area contributed by atoms with E-state index in [0.29, 0.717) is 45.8 Å². The molecule has 2 saturated heterocycles. The van der Waals surface area contributed by atoms with Gasteiger partial charge in [-0.3, -0.25) is 4.79 Å². The maximum Gasteiger partial charge on any atom is 0.292 e. The Balaban J connectivity index is 1.65. The number of halogens is 2. The van der Waals surface area contributed by atoms with Crippen molar-refractivity contribution in [1.82, 2.24) is 15.1 Å². The van der Waals surface area contributed by atoms with Crippen LogP contribution in [0.3, 0.4) is 0 Å². The SMILES string of the molecule is C/C=C/C(F)(F)C1=CCC(CC)=C(N2CCN(C(=O)C3CNCCCO3)CC2)N=C1. The quantitative estimate of drug-likeness (QED) is 0.693. The van der Waals surface area contributed by atoms with Gasteiger partial charge in [0.1, 0.15) is 11.9 Å². The van der Waals surface area contributed by atoms with Crippen LogP contribution in [0.5, 0.6) is 0 Å². The summed E-state index contributed by atoms with van der Waals surface area (Å²) in [6.07, 6.45) is 6.80. The number of hydrogen-bond acceptors (Lipinski definition) is 5. The van der Waals surface area contributed by atoms with Gasteiger partial charge in [0.25, 0.3) is 11.8 Å². The van der Waals surface area contributed by atoms with Crippen molar-refractivity contribution in [1.29, 1.82) is 0 Å². The summed E-state index contributed by atoms with van der Waals surface area (Å²) < 4.78 is 34.3. The second-order valence-corrected chi connectivity index (χ2v) is 7.75. The first kappa shape index (κ1) is 22.6. The lowest BCUT2D eigenvalue weighted by atomic mass is 10.0. The molecule has 0 bridgehead atoms. The number of nitrogens with one attached hydrogen (secondary N) is 1. The van der Waals surface area contributed by atoms with E-state index in [-0.39, 0.29) is 11.5 Å². The van der Waals surface area contributed by atoms with Gasteiger partial charge in [0, 0.05) is 51.1 Å². The lowest BCUT2D eigenvalue weighted by Gasteiger charge is -2.38. The number of rotatable bonds is 5. The summed E-state index contributed by atoms with van der Waals surface area (Å²) in [4.78, 5) is 21.2. The average Bonchev–Trinajstić information content (AvgIpc) is 3.14. The van der Waals surface area contributed by atoms with Gasteiger partial charge in [-0.05, 0) is 44.4 Å². The van der Waals surface area contributed by atoms with Gasteiger partial charge in [-0.25, -0.2) is 4.99 Å². The average molecular weight is 423 g/mol. The van der Waals surface area contributed by atoms with E-state index in [9.17, 15) is 13.6 Å². The fourth-order valence-electron chi connectivity index (χ4n) is 3.95. The molecule has 3 heterocycles. The van der Waals surface area contributed by atoms with Crippen LogP contribution in [-0.2, 0) is 9.53 Å². The smallest absolute Gasteiger partial charge is 0.292 e. The maximum absolute atomic E-state index is 14.3. The third kappa shape index (κ3) is 5.35. The van der Waals surface area contributed by atoms with Crippen LogP contribution < -0.4 is 5.32 Å². The number of amides is 1. The molecule has 2 fully saturated rings. The number of aliphatic imine (C=N–C) groups is 1. The van der Waals surface area contributed by atoms with Crippen LogP contribution >= 0.6 is 0 Å². The number of allylic oxidation sites excluding steroid dienone is 5. The van der Waals surface area contributed by atoms with Gasteiger partial charge in [0.15, 0.2) is 0 Å². The van der Waals surface area contributed by atoms with Crippen molar-refractivity contribution in [2.45, 2.75) is 45.1 Å². The van der Waals surface area contributed by atoms with Crippen molar-refractivity contribution in [3.05, 3.63) is 35.2 Å². The molecule has 0 aromatic carbocycles. The monoisotopic (exact) mass is 422 g/mol. The molecule has 1 unspecified atom stereocenters. The summed E-state index contributed by atoms with van der Waals surface area (Å²) in [6, 6.07) is 0. The molecule has 6 nitrogen and oxygen atoms in total. The zero-order valence-electron chi connectivity index (χ0n) is 17.9. The topological polar surface area (TPSA) is 57.2 Å². The summed E-state index contributed by atoms with van der Waals surface area (Å²) in [7, 11) is 0. The number of carbonyl (C=O) groups is 1. The Morgan fingerprint density at radius 2 is 2.13 bits per heavy atom. The molecule has 3 aliphatic heterocycles. The molecule has 166 valence electrons. The molecule has 1 amide bonds. The molecule has 0 aromatic heterocycles. The van der Waals surface area contributed by atoms with Crippen LogP contribution in [0.25, 0.3) is 0 Å². The molecule has 3 rings (SSSR count). The molecular formula is C22H32F2N4O2. The second kappa shape index (κ2) is 10.3. The summed E-state index contributed by atoms with van der Waals surface area (Å²) in [6.45, 7) is 8.01. The first-order valence-corrected chi connectivity index (χ1v) is 10.8. The van der Waals surface area contributed by atoms with Crippen LogP contribution in [0.4, 0.5) is 8.78 Å². The van der Waals surface area contributed by atoms with Crippen molar-refractivity contribution >= 4 is 12.1 Å². The molecule has 0 aliphatic carbocycles. The Labute approximate surface area is 177 Å². The van der Waals surface area contributed by atoms with E-state index in [1.807, 2.05) is 11.8 Å². The summed E-state index contributed by atoms with van der Waals surface area (Å²) >= 11 is 0. The summed E-state index contributed by atoms with van der Waals surface area (Å²) in [5.74, 6) is -2.24. The lowest BCUT2D eigenvalue weighted by Crippen LogP contribution is -2.52. The van der Waals surface area contributed by atoms with Crippen molar-refractivity contribution in [2.24, 2.45) is 4.99 Å². The van der Waals surface area contributed by atoms with Crippen molar-refractivity contribution < 1.29 is 18.3 Å². The van der Waals surface area contributed by atoms with Gasteiger partial charge in [-0.2, -0.15) is 8.78 Å². The molecular weight excluding hydrogens is 390 g/mol. The van der Waals surface area contributed by atoms with E-state index in [2.05, 4.69) is 15.2 Å². The van der Waals surface area contributed by atoms with Crippen molar-refractivity contribution in [2.75, 3.05) is 45.9 Å². The van der Waals surface area contributed by atoms with Gasteiger partial charge < -0.3 is 19.9 Å². The largest absolute Gasteiger partial charge is 0.367 e. The number of alkyl halides is 2. The number of piperazine rings is 1. The molecule has 0 radical (unpaired) electrons. The maximum atomic E-state index is 14.3. The zero-order valence-corrected chi connectivity index (χ0v) is 17.9. The fourth-order valence-corrected chi connectivity index (χ4v) is 3.95. The van der Waals surface area contributed by atoms with Gasteiger partial charge >= 0.3 is 0 Å². The van der Waals surface area contributed by atoms with Crippen molar-refractivity contribution in [3.63, 3.8) is 0 Å². The molecule has 0 spiro atoms. The van der Waals surface area contributed by atoms with Gasteiger partial charge in [-0.1, -0.05) is 19.1 Å². The summed E-state index contributed by atoms with van der Waals surface area (Å²) in [5.41, 5.74) is 0.960. The minimum atomic E-state index is -3.02. The predicted octanol–water partition coefficient (Wildman–Crippen LogP) is 2.74. The Kier molecular flexibility index (Phi) is 7.77.